The van der Waals surface area contributed by atoms with Crippen molar-refractivity contribution >= 4 is 16.0 Å². The molecule has 0 aromatic heterocycles. The lowest BCUT2D eigenvalue weighted by Crippen LogP contribution is -2.40. The van der Waals surface area contributed by atoms with E-state index in [1.54, 1.807) is 23.5 Å². The molecule has 2 aliphatic rings. The lowest BCUT2D eigenvalue weighted by molar-refractivity contribution is 0.477. The van der Waals surface area contributed by atoms with Gasteiger partial charge in [-0.25, -0.2) is 8.42 Å². The third kappa shape index (κ3) is 4.52. The molecule has 30 heavy (non-hydrogen) atoms. The Morgan fingerprint density at radius 1 is 1.00 bits per heavy atom. The zero-order valence-corrected chi connectivity index (χ0v) is 18.3. The molecule has 1 heterocycles. The van der Waals surface area contributed by atoms with Crippen molar-refractivity contribution < 1.29 is 8.42 Å². The summed E-state index contributed by atoms with van der Waals surface area (Å²) >= 11 is 0. The third-order valence-corrected chi connectivity index (χ3v) is 8.06. The molecular formula is C23H30N4O2S. The van der Waals surface area contributed by atoms with E-state index in [4.69, 9.17) is 0 Å². The fraction of sp³-hybridized carbons (Fsp3) is 0.435. The smallest absolute Gasteiger partial charge is 0.243 e. The molecule has 160 valence electrons. The highest BCUT2D eigenvalue weighted by Gasteiger charge is 2.44. The largest absolute Gasteiger partial charge is 0.356 e. The van der Waals surface area contributed by atoms with E-state index in [9.17, 15) is 8.42 Å². The van der Waals surface area contributed by atoms with E-state index in [2.05, 4.69) is 46.0 Å². The highest BCUT2D eigenvalue weighted by Crippen LogP contribution is 2.47. The minimum absolute atomic E-state index is 0.213. The van der Waals surface area contributed by atoms with E-state index >= 15 is 0 Å². The summed E-state index contributed by atoms with van der Waals surface area (Å²) in [5.41, 5.74) is 2.61. The molecule has 0 unspecified atom stereocenters. The number of hydrogen-bond donors (Lipinski definition) is 2. The van der Waals surface area contributed by atoms with Crippen molar-refractivity contribution in [1.82, 2.24) is 14.9 Å². The molecule has 0 radical (unpaired) electrons. The minimum Gasteiger partial charge on any atom is -0.356 e. The molecular weight excluding hydrogens is 396 g/mol. The quantitative estimate of drug-likeness (QED) is 0.527. The number of rotatable bonds is 7. The van der Waals surface area contributed by atoms with Gasteiger partial charge in [-0.1, -0.05) is 42.5 Å². The van der Waals surface area contributed by atoms with Gasteiger partial charge in [0.15, 0.2) is 5.96 Å². The van der Waals surface area contributed by atoms with Crippen molar-refractivity contribution in [3.63, 3.8) is 0 Å². The van der Waals surface area contributed by atoms with Crippen LogP contribution in [0.1, 0.15) is 36.8 Å². The molecule has 7 heteroatoms. The predicted octanol–water partition coefficient (Wildman–Crippen LogP) is 2.87. The molecule has 0 amide bonds. The van der Waals surface area contributed by atoms with Gasteiger partial charge in [0.05, 0.1) is 4.90 Å². The molecule has 0 spiro atoms. The fourth-order valence-corrected chi connectivity index (χ4v) is 5.54. The Bertz CT molecular complexity index is 978. The lowest BCUT2D eigenvalue weighted by atomic mass is 9.96. The Hall–Kier alpha value is -2.38. The number of hydrogen-bond acceptors (Lipinski definition) is 3. The molecule has 0 atom stereocenters. The molecule has 1 aliphatic heterocycles. The monoisotopic (exact) mass is 426 g/mol. The van der Waals surface area contributed by atoms with E-state index in [-0.39, 0.29) is 5.41 Å². The molecule has 0 bridgehead atoms. The summed E-state index contributed by atoms with van der Waals surface area (Å²) in [7, 11) is -1.59. The number of guanidine groups is 1. The van der Waals surface area contributed by atoms with E-state index < -0.39 is 10.0 Å². The summed E-state index contributed by atoms with van der Waals surface area (Å²) in [6.07, 6.45) is 4.26. The Labute approximate surface area is 179 Å². The van der Waals surface area contributed by atoms with Crippen LogP contribution in [0.15, 0.2) is 64.5 Å². The maximum Gasteiger partial charge on any atom is 0.243 e. The van der Waals surface area contributed by atoms with E-state index in [0.717, 1.165) is 30.9 Å². The van der Waals surface area contributed by atoms with E-state index in [0.29, 0.717) is 24.5 Å². The minimum atomic E-state index is -3.36. The van der Waals surface area contributed by atoms with Gasteiger partial charge in [0, 0.05) is 38.6 Å². The second-order valence-electron chi connectivity index (χ2n) is 8.18. The second kappa shape index (κ2) is 8.78. The van der Waals surface area contributed by atoms with Crippen LogP contribution in [-0.4, -0.2) is 45.4 Å². The van der Waals surface area contributed by atoms with Crippen LogP contribution in [0, 0.1) is 0 Å². The Morgan fingerprint density at radius 3 is 2.27 bits per heavy atom. The molecule has 4 rings (SSSR count). The summed E-state index contributed by atoms with van der Waals surface area (Å²) in [5, 5.41) is 6.78. The van der Waals surface area contributed by atoms with E-state index in [1.807, 2.05) is 12.1 Å². The number of nitrogens with zero attached hydrogens (tertiary/aromatic N) is 2. The Kier molecular flexibility index (Phi) is 6.11. The van der Waals surface area contributed by atoms with Gasteiger partial charge in [0.25, 0.3) is 0 Å². The summed E-state index contributed by atoms with van der Waals surface area (Å²) < 4.78 is 26.9. The molecule has 1 saturated heterocycles. The molecule has 2 N–H and O–H groups in total. The van der Waals surface area contributed by atoms with Crippen molar-refractivity contribution in [2.45, 2.75) is 42.5 Å². The van der Waals surface area contributed by atoms with E-state index in [1.165, 1.54) is 18.4 Å². The van der Waals surface area contributed by atoms with Crippen molar-refractivity contribution in [2.75, 3.05) is 26.7 Å². The first-order chi connectivity index (χ1) is 14.5. The van der Waals surface area contributed by atoms with Gasteiger partial charge in [-0.3, -0.25) is 4.99 Å². The van der Waals surface area contributed by atoms with Crippen molar-refractivity contribution in [3.05, 3.63) is 65.7 Å². The van der Waals surface area contributed by atoms with Crippen LogP contribution in [0.4, 0.5) is 0 Å². The second-order valence-corrected chi connectivity index (χ2v) is 10.1. The number of aliphatic imine (C=N–C) groups is 1. The first-order valence-electron chi connectivity index (χ1n) is 10.6. The molecule has 6 nitrogen and oxygen atoms in total. The SMILES string of the molecule is CN=C(NCc1ccc(S(=O)(=O)N2CCCC2)cc1)NCC1(c2ccccc2)CC1. The molecule has 1 saturated carbocycles. The van der Waals surface area contributed by atoms with Crippen LogP contribution >= 0.6 is 0 Å². The predicted molar refractivity (Wildman–Crippen MR) is 120 cm³/mol. The summed E-state index contributed by atoms with van der Waals surface area (Å²) in [6.45, 7) is 2.68. The van der Waals surface area contributed by atoms with Gasteiger partial charge in [0.2, 0.25) is 10.0 Å². The Balaban J connectivity index is 1.31. The van der Waals surface area contributed by atoms with Crippen LogP contribution in [0.5, 0.6) is 0 Å². The summed E-state index contributed by atoms with van der Waals surface area (Å²) in [5.74, 6) is 0.756. The maximum absolute atomic E-state index is 12.6. The van der Waals surface area contributed by atoms with Crippen molar-refractivity contribution in [1.29, 1.82) is 0 Å². The lowest BCUT2D eigenvalue weighted by Gasteiger charge is -2.19. The zero-order chi connectivity index (χ0) is 21.0. The van der Waals surface area contributed by atoms with Crippen LogP contribution < -0.4 is 10.6 Å². The number of benzene rings is 2. The van der Waals surface area contributed by atoms with Gasteiger partial charge in [-0.15, -0.1) is 0 Å². The molecule has 1 aliphatic carbocycles. The highest BCUT2D eigenvalue weighted by atomic mass is 32.2. The summed E-state index contributed by atoms with van der Waals surface area (Å²) in [6, 6.07) is 17.8. The van der Waals surface area contributed by atoms with Gasteiger partial charge >= 0.3 is 0 Å². The number of sulfonamides is 1. The van der Waals surface area contributed by atoms with Crippen molar-refractivity contribution in [3.8, 4) is 0 Å². The number of nitrogens with one attached hydrogen (secondary N) is 2. The third-order valence-electron chi connectivity index (χ3n) is 6.14. The van der Waals surface area contributed by atoms with Crippen LogP contribution in [0.3, 0.4) is 0 Å². The van der Waals surface area contributed by atoms with Gasteiger partial charge in [-0.2, -0.15) is 4.31 Å². The Morgan fingerprint density at radius 2 is 1.67 bits per heavy atom. The molecule has 2 aromatic carbocycles. The first-order valence-corrected chi connectivity index (χ1v) is 12.1. The zero-order valence-electron chi connectivity index (χ0n) is 17.5. The average molecular weight is 427 g/mol. The normalized spacial score (nSPS) is 18.9. The van der Waals surface area contributed by atoms with Gasteiger partial charge < -0.3 is 10.6 Å². The molecule has 2 fully saturated rings. The average Bonchev–Trinajstić information content (AvgIpc) is 3.36. The van der Waals surface area contributed by atoms with Gasteiger partial charge in [-0.05, 0) is 48.9 Å². The van der Waals surface area contributed by atoms with Gasteiger partial charge in [0.1, 0.15) is 0 Å². The standard InChI is InChI=1S/C23H30N4O2S/c1-24-22(26-18-23(13-14-23)20-7-3-2-4-8-20)25-17-19-9-11-21(12-10-19)30(28,29)27-15-5-6-16-27/h2-4,7-12H,5-6,13-18H2,1H3,(H2,24,25,26). The fourth-order valence-electron chi connectivity index (χ4n) is 4.03. The van der Waals surface area contributed by atoms with Crippen LogP contribution in [-0.2, 0) is 22.0 Å². The molecule has 2 aromatic rings. The van der Waals surface area contributed by atoms with Crippen molar-refractivity contribution in [2.24, 2.45) is 4.99 Å². The summed E-state index contributed by atoms with van der Waals surface area (Å²) in [4.78, 5) is 4.70. The maximum atomic E-state index is 12.6. The highest BCUT2D eigenvalue weighted by molar-refractivity contribution is 7.89. The van der Waals surface area contributed by atoms with Crippen LogP contribution in [0.25, 0.3) is 0 Å². The van der Waals surface area contributed by atoms with Crippen LogP contribution in [0.2, 0.25) is 0 Å². The topological polar surface area (TPSA) is 73.8 Å². The first kappa shape index (κ1) is 20.9.